The van der Waals surface area contributed by atoms with Crippen molar-refractivity contribution in [2.24, 2.45) is 5.92 Å². The summed E-state index contributed by atoms with van der Waals surface area (Å²) in [7, 11) is 0. The first-order valence-corrected chi connectivity index (χ1v) is 5.95. The molecule has 0 aliphatic carbocycles. The van der Waals surface area contributed by atoms with Crippen LogP contribution in [-0.2, 0) is 16.0 Å². The third-order valence-corrected chi connectivity index (χ3v) is 3.72. The number of hydrogen-bond donors (Lipinski definition) is 0. The molecule has 3 aliphatic heterocycles. The molecule has 4 heteroatoms. The van der Waals surface area contributed by atoms with Gasteiger partial charge in [0.05, 0.1) is 18.5 Å². The van der Waals surface area contributed by atoms with E-state index in [9.17, 15) is 9.59 Å². The van der Waals surface area contributed by atoms with Crippen LogP contribution in [0.3, 0.4) is 0 Å². The van der Waals surface area contributed by atoms with Crippen LogP contribution < -0.4 is 0 Å². The monoisotopic (exact) mass is 230 g/mol. The second-order valence-electron chi connectivity index (χ2n) is 4.76. The van der Waals surface area contributed by atoms with Crippen molar-refractivity contribution in [2.45, 2.75) is 18.9 Å². The van der Waals surface area contributed by atoms with E-state index in [4.69, 9.17) is 0 Å². The molecule has 4 nitrogen and oxygen atoms in total. The SMILES string of the molecule is O=C1CN2CCC1C(=O)C2Cc1cccnc1. The summed E-state index contributed by atoms with van der Waals surface area (Å²) in [6, 6.07) is 3.74. The number of Topliss-reactive ketones (excluding diaryl/α,β-unsaturated/α-hetero) is 2. The standard InChI is InChI=1S/C13H14N2O2/c16-12-8-15-5-3-10(12)13(17)11(15)6-9-2-1-4-14-7-9/h1-2,4,7,10-11H,3,5-6,8H2. The molecule has 3 aliphatic rings. The molecule has 0 aromatic carbocycles. The normalized spacial score (nSPS) is 31.9. The Balaban J connectivity index is 1.81. The smallest absolute Gasteiger partial charge is 0.160 e. The van der Waals surface area contributed by atoms with Crippen LogP contribution in [0.4, 0.5) is 0 Å². The molecule has 0 saturated carbocycles. The van der Waals surface area contributed by atoms with Gasteiger partial charge < -0.3 is 0 Å². The van der Waals surface area contributed by atoms with E-state index in [1.807, 2.05) is 17.0 Å². The first kappa shape index (κ1) is 10.6. The number of carbonyl (C=O) groups excluding carboxylic acids is 2. The van der Waals surface area contributed by atoms with Crippen molar-refractivity contribution in [1.29, 1.82) is 0 Å². The molecule has 88 valence electrons. The van der Waals surface area contributed by atoms with E-state index in [1.54, 1.807) is 12.4 Å². The van der Waals surface area contributed by atoms with Crippen LogP contribution in [0.5, 0.6) is 0 Å². The second kappa shape index (κ2) is 4.04. The quantitative estimate of drug-likeness (QED) is 0.693. The van der Waals surface area contributed by atoms with Gasteiger partial charge in [0, 0.05) is 18.9 Å². The van der Waals surface area contributed by atoms with Gasteiger partial charge in [0.1, 0.15) is 0 Å². The van der Waals surface area contributed by atoms with Gasteiger partial charge in [0.2, 0.25) is 0 Å². The molecule has 17 heavy (non-hydrogen) atoms. The molecule has 4 heterocycles. The number of carbonyl (C=O) groups is 2. The van der Waals surface area contributed by atoms with Crippen molar-refractivity contribution in [3.8, 4) is 0 Å². The van der Waals surface area contributed by atoms with Gasteiger partial charge in [-0.2, -0.15) is 0 Å². The van der Waals surface area contributed by atoms with Crippen molar-refractivity contribution in [2.75, 3.05) is 13.1 Å². The number of fused-ring (bicyclic) bond motifs is 3. The number of ketones is 2. The average Bonchev–Trinajstić information content (AvgIpc) is 2.35. The molecule has 4 rings (SSSR count). The van der Waals surface area contributed by atoms with Gasteiger partial charge >= 0.3 is 0 Å². The van der Waals surface area contributed by atoms with Crippen molar-refractivity contribution >= 4 is 11.6 Å². The van der Waals surface area contributed by atoms with Crippen LogP contribution in [-0.4, -0.2) is 40.6 Å². The molecule has 2 bridgehead atoms. The summed E-state index contributed by atoms with van der Waals surface area (Å²) in [5.41, 5.74) is 1.06. The number of nitrogens with zero attached hydrogens (tertiary/aromatic N) is 2. The molecule has 3 fully saturated rings. The fraction of sp³-hybridized carbons (Fsp3) is 0.462. The largest absolute Gasteiger partial charge is 0.297 e. The van der Waals surface area contributed by atoms with E-state index >= 15 is 0 Å². The molecular formula is C13H14N2O2. The number of pyridine rings is 1. The summed E-state index contributed by atoms with van der Waals surface area (Å²) >= 11 is 0. The van der Waals surface area contributed by atoms with Crippen LogP contribution in [0.25, 0.3) is 0 Å². The van der Waals surface area contributed by atoms with E-state index in [0.29, 0.717) is 19.4 Å². The van der Waals surface area contributed by atoms with Gasteiger partial charge in [0.15, 0.2) is 11.6 Å². The van der Waals surface area contributed by atoms with Crippen molar-refractivity contribution in [3.63, 3.8) is 0 Å². The van der Waals surface area contributed by atoms with E-state index in [1.165, 1.54) is 0 Å². The topological polar surface area (TPSA) is 50.3 Å². The van der Waals surface area contributed by atoms with Crippen molar-refractivity contribution < 1.29 is 9.59 Å². The Morgan fingerprint density at radius 3 is 2.94 bits per heavy atom. The van der Waals surface area contributed by atoms with Crippen molar-refractivity contribution in [3.05, 3.63) is 30.1 Å². The van der Waals surface area contributed by atoms with E-state index in [2.05, 4.69) is 4.98 Å². The number of hydrogen-bond acceptors (Lipinski definition) is 4. The van der Waals surface area contributed by atoms with Crippen LogP contribution in [0, 0.1) is 5.92 Å². The Kier molecular flexibility index (Phi) is 2.52. The summed E-state index contributed by atoms with van der Waals surface area (Å²) in [6.45, 7) is 1.31. The van der Waals surface area contributed by atoms with Gasteiger partial charge in [-0.15, -0.1) is 0 Å². The first-order valence-electron chi connectivity index (χ1n) is 5.95. The van der Waals surface area contributed by atoms with E-state index in [-0.39, 0.29) is 23.5 Å². The average molecular weight is 230 g/mol. The molecule has 0 spiro atoms. The summed E-state index contributed by atoms with van der Waals surface area (Å²) in [6.07, 6.45) is 4.90. The van der Waals surface area contributed by atoms with Crippen LogP contribution >= 0.6 is 0 Å². The van der Waals surface area contributed by atoms with Crippen LogP contribution in [0.1, 0.15) is 12.0 Å². The molecule has 1 aromatic heterocycles. The predicted molar refractivity (Wildman–Crippen MR) is 61.4 cm³/mol. The third-order valence-electron chi connectivity index (χ3n) is 3.72. The third kappa shape index (κ3) is 1.78. The molecule has 0 radical (unpaired) electrons. The van der Waals surface area contributed by atoms with E-state index < -0.39 is 0 Å². The Labute approximate surface area is 99.6 Å². The maximum Gasteiger partial charge on any atom is 0.160 e. The fourth-order valence-electron chi connectivity index (χ4n) is 2.80. The zero-order valence-corrected chi connectivity index (χ0v) is 9.50. The van der Waals surface area contributed by atoms with Gasteiger partial charge in [-0.1, -0.05) is 6.07 Å². The molecule has 0 N–H and O–H groups in total. The highest BCUT2D eigenvalue weighted by molar-refractivity contribution is 6.08. The number of aromatic nitrogens is 1. The van der Waals surface area contributed by atoms with Crippen LogP contribution in [0.2, 0.25) is 0 Å². The second-order valence-corrected chi connectivity index (χ2v) is 4.76. The minimum absolute atomic E-state index is 0.101. The van der Waals surface area contributed by atoms with Gasteiger partial charge in [0.25, 0.3) is 0 Å². The van der Waals surface area contributed by atoms with E-state index in [0.717, 1.165) is 12.1 Å². The highest BCUT2D eigenvalue weighted by atomic mass is 16.2. The summed E-state index contributed by atoms with van der Waals surface area (Å²) in [5.74, 6) is -0.123. The van der Waals surface area contributed by atoms with Gasteiger partial charge in [-0.05, 0) is 24.5 Å². The zero-order chi connectivity index (χ0) is 11.8. The first-order chi connectivity index (χ1) is 8.25. The number of rotatable bonds is 2. The lowest BCUT2D eigenvalue weighted by molar-refractivity contribution is -0.147. The molecule has 0 amide bonds. The Hall–Kier alpha value is -1.55. The highest BCUT2D eigenvalue weighted by Crippen LogP contribution is 2.28. The predicted octanol–water partition coefficient (Wildman–Crippen LogP) is 0.466. The summed E-state index contributed by atoms with van der Waals surface area (Å²) < 4.78 is 0. The Bertz CT molecular complexity index is 458. The minimum atomic E-state index is -0.332. The van der Waals surface area contributed by atoms with Crippen LogP contribution in [0.15, 0.2) is 24.5 Å². The molecule has 3 saturated heterocycles. The molecule has 3 atom stereocenters. The summed E-state index contributed by atoms with van der Waals surface area (Å²) in [4.78, 5) is 29.8. The lowest BCUT2D eigenvalue weighted by Gasteiger charge is -2.42. The summed E-state index contributed by atoms with van der Waals surface area (Å²) in [5, 5.41) is 0. The Morgan fingerprint density at radius 1 is 1.41 bits per heavy atom. The molecule has 3 unspecified atom stereocenters. The fourth-order valence-corrected chi connectivity index (χ4v) is 2.80. The zero-order valence-electron chi connectivity index (χ0n) is 9.50. The van der Waals surface area contributed by atoms with Gasteiger partial charge in [-0.25, -0.2) is 0 Å². The lowest BCUT2D eigenvalue weighted by atomic mass is 9.79. The maximum absolute atomic E-state index is 12.1. The highest BCUT2D eigenvalue weighted by Gasteiger charge is 2.45. The lowest BCUT2D eigenvalue weighted by Crippen LogP contribution is -2.60. The number of piperidine rings is 3. The minimum Gasteiger partial charge on any atom is -0.297 e. The maximum atomic E-state index is 12.1. The van der Waals surface area contributed by atoms with Gasteiger partial charge in [-0.3, -0.25) is 19.5 Å². The molecule has 1 aromatic rings. The van der Waals surface area contributed by atoms with Crippen molar-refractivity contribution in [1.82, 2.24) is 9.88 Å². The molecular weight excluding hydrogens is 216 g/mol. The Morgan fingerprint density at radius 2 is 2.29 bits per heavy atom.